The molecule has 0 bridgehead atoms. The summed E-state index contributed by atoms with van der Waals surface area (Å²) in [5.41, 5.74) is 1.49. The van der Waals surface area contributed by atoms with Crippen molar-refractivity contribution < 1.29 is 0 Å². The second kappa shape index (κ2) is 7.15. The number of hydrogen-bond donors (Lipinski definition) is 0. The summed E-state index contributed by atoms with van der Waals surface area (Å²) in [7, 11) is -0.243. The fourth-order valence-electron chi connectivity index (χ4n) is 1.52. The van der Waals surface area contributed by atoms with E-state index in [2.05, 4.69) is 27.7 Å². The first-order valence-electron chi connectivity index (χ1n) is 5.07. The summed E-state index contributed by atoms with van der Waals surface area (Å²) < 4.78 is 0. The molecule has 0 aromatic heterocycles. The fourth-order valence-corrected chi connectivity index (χ4v) is 3.98. The molecule has 0 aromatic carbocycles. The predicted octanol–water partition coefficient (Wildman–Crippen LogP) is 5.00. The Morgan fingerprint density at radius 2 is 1.33 bits per heavy atom. The molecule has 0 N–H and O–H groups in total. The van der Waals surface area contributed by atoms with Crippen LogP contribution in [0.15, 0.2) is 0 Å². The van der Waals surface area contributed by atoms with Crippen LogP contribution in [0.25, 0.3) is 0 Å². The van der Waals surface area contributed by atoms with Gasteiger partial charge in [0, 0.05) is 0 Å². The van der Waals surface area contributed by atoms with Crippen molar-refractivity contribution in [3.8, 4) is 0 Å². The van der Waals surface area contributed by atoms with Gasteiger partial charge in [-0.05, 0) is 31.4 Å². The molecule has 0 amide bonds. The van der Waals surface area contributed by atoms with Crippen LogP contribution in [0.1, 0.15) is 53.4 Å². The molecule has 0 aromatic rings. The Morgan fingerprint density at radius 1 is 1.00 bits per heavy atom. The third-order valence-corrected chi connectivity index (χ3v) is 6.45. The van der Waals surface area contributed by atoms with Gasteiger partial charge >= 0.3 is 0 Å². The van der Waals surface area contributed by atoms with Crippen LogP contribution in [0.2, 0.25) is 0 Å². The first kappa shape index (κ1) is 12.7. The van der Waals surface area contributed by atoms with Crippen LogP contribution in [0.5, 0.6) is 0 Å². The van der Waals surface area contributed by atoms with E-state index >= 15 is 0 Å². The van der Waals surface area contributed by atoms with Gasteiger partial charge in [0.15, 0.2) is 0 Å². The zero-order chi connectivity index (χ0) is 9.56. The zero-order valence-corrected chi connectivity index (χ0v) is 10.5. The summed E-state index contributed by atoms with van der Waals surface area (Å²) in [5.74, 6) is 0. The predicted molar refractivity (Wildman–Crippen MR) is 61.5 cm³/mol. The van der Waals surface area contributed by atoms with Gasteiger partial charge in [-0.25, -0.2) is 0 Å². The average molecular weight is 209 g/mol. The maximum absolute atomic E-state index is 6.40. The highest BCUT2D eigenvalue weighted by Gasteiger charge is 2.19. The molecular weight excluding hydrogens is 187 g/mol. The molecule has 0 nitrogen and oxygen atoms in total. The number of rotatable bonds is 6. The van der Waals surface area contributed by atoms with Crippen LogP contribution in [0, 0.1) is 0 Å². The summed E-state index contributed by atoms with van der Waals surface area (Å²) >= 11 is 6.40. The second-order valence-corrected chi connectivity index (χ2v) is 7.24. The molecule has 0 heterocycles. The summed E-state index contributed by atoms with van der Waals surface area (Å²) in [4.78, 5) is 0. The lowest BCUT2D eigenvalue weighted by atomic mass is 10.3. The Kier molecular flexibility index (Phi) is 7.58. The van der Waals surface area contributed by atoms with Crippen molar-refractivity contribution >= 4 is 18.5 Å². The van der Waals surface area contributed by atoms with Gasteiger partial charge in [0.25, 0.3) is 0 Å². The van der Waals surface area contributed by atoms with Crippen LogP contribution >= 0.6 is 18.5 Å². The normalized spacial score (nSPS) is 18.8. The molecule has 2 heteroatoms. The zero-order valence-electron chi connectivity index (χ0n) is 8.81. The van der Waals surface area contributed by atoms with Crippen molar-refractivity contribution in [2.45, 2.75) is 64.7 Å². The first-order valence-corrected chi connectivity index (χ1v) is 7.46. The highest BCUT2D eigenvalue weighted by Crippen LogP contribution is 2.53. The van der Waals surface area contributed by atoms with E-state index in [0.717, 1.165) is 11.3 Å². The van der Waals surface area contributed by atoms with Gasteiger partial charge in [-0.2, -0.15) is 0 Å². The van der Waals surface area contributed by atoms with Crippen LogP contribution < -0.4 is 0 Å². The Morgan fingerprint density at radius 3 is 1.58 bits per heavy atom. The smallest absolute Gasteiger partial charge is 0.00395 e. The summed E-state index contributed by atoms with van der Waals surface area (Å²) in [6.07, 6.45) is 5.13. The monoisotopic (exact) mass is 208 g/mol. The SMILES string of the molecule is CCCC(C)P(Cl)C(C)CCC. The molecule has 0 saturated heterocycles. The largest absolute Gasteiger partial charge is 0.0959 e. The Balaban J connectivity index is 3.73. The Hall–Kier alpha value is 0.720. The van der Waals surface area contributed by atoms with Crippen molar-refractivity contribution in [2.24, 2.45) is 0 Å². The lowest BCUT2D eigenvalue weighted by Gasteiger charge is -2.23. The van der Waals surface area contributed by atoms with E-state index in [-0.39, 0.29) is 7.27 Å². The van der Waals surface area contributed by atoms with Gasteiger partial charge in [-0.3, -0.25) is 0 Å². The molecule has 0 rings (SSSR count). The number of hydrogen-bond acceptors (Lipinski definition) is 0. The van der Waals surface area contributed by atoms with E-state index in [4.69, 9.17) is 11.2 Å². The highest BCUT2D eigenvalue weighted by atomic mass is 35.7. The van der Waals surface area contributed by atoms with Crippen molar-refractivity contribution in [1.82, 2.24) is 0 Å². The molecule has 12 heavy (non-hydrogen) atoms. The lowest BCUT2D eigenvalue weighted by molar-refractivity contribution is 0.744. The topological polar surface area (TPSA) is 0 Å². The third-order valence-electron chi connectivity index (χ3n) is 2.26. The fraction of sp³-hybridized carbons (Fsp3) is 1.00. The summed E-state index contributed by atoms with van der Waals surface area (Å²) in [5, 5.41) is 0. The molecule has 2 atom stereocenters. The number of halogens is 1. The first-order chi connectivity index (χ1) is 5.63. The minimum absolute atomic E-state index is 0.243. The summed E-state index contributed by atoms with van der Waals surface area (Å²) in [6, 6.07) is 0. The Labute approximate surface area is 83.6 Å². The molecular formula is C10H22ClP. The molecule has 0 aliphatic carbocycles. The average Bonchev–Trinajstić information content (AvgIpc) is 2.04. The van der Waals surface area contributed by atoms with Crippen LogP contribution in [-0.4, -0.2) is 11.3 Å². The molecule has 0 radical (unpaired) electrons. The van der Waals surface area contributed by atoms with E-state index in [1.807, 2.05) is 0 Å². The Bertz CT molecular complexity index is 94.0. The van der Waals surface area contributed by atoms with Crippen molar-refractivity contribution in [3.63, 3.8) is 0 Å². The summed E-state index contributed by atoms with van der Waals surface area (Å²) in [6.45, 7) is 9.07. The molecule has 2 unspecified atom stereocenters. The van der Waals surface area contributed by atoms with Gasteiger partial charge in [0.2, 0.25) is 0 Å². The minimum Gasteiger partial charge on any atom is -0.0959 e. The molecule has 0 saturated carbocycles. The standard InChI is InChI=1S/C10H22ClP/c1-5-7-9(3)12(11)10(4)8-6-2/h9-10H,5-8H2,1-4H3. The molecule has 0 aliphatic heterocycles. The highest BCUT2D eigenvalue weighted by molar-refractivity contribution is 7.85. The van der Waals surface area contributed by atoms with Crippen molar-refractivity contribution in [2.75, 3.05) is 0 Å². The van der Waals surface area contributed by atoms with E-state index in [1.165, 1.54) is 25.7 Å². The quantitative estimate of drug-likeness (QED) is 0.539. The molecule has 0 spiro atoms. The van der Waals surface area contributed by atoms with Crippen LogP contribution in [-0.2, 0) is 0 Å². The minimum atomic E-state index is -0.243. The van der Waals surface area contributed by atoms with E-state index in [1.54, 1.807) is 0 Å². The van der Waals surface area contributed by atoms with Gasteiger partial charge in [-0.1, -0.05) is 51.8 Å². The van der Waals surface area contributed by atoms with Gasteiger partial charge in [0.1, 0.15) is 0 Å². The molecule has 0 fully saturated rings. The molecule has 74 valence electrons. The van der Waals surface area contributed by atoms with Crippen LogP contribution in [0.3, 0.4) is 0 Å². The van der Waals surface area contributed by atoms with Crippen molar-refractivity contribution in [1.29, 1.82) is 0 Å². The maximum atomic E-state index is 6.40. The van der Waals surface area contributed by atoms with E-state index in [0.29, 0.717) is 0 Å². The third kappa shape index (κ3) is 4.67. The maximum Gasteiger partial charge on any atom is -0.00395 e. The van der Waals surface area contributed by atoms with Gasteiger partial charge in [0.05, 0.1) is 0 Å². The van der Waals surface area contributed by atoms with E-state index < -0.39 is 0 Å². The lowest BCUT2D eigenvalue weighted by Crippen LogP contribution is -2.06. The van der Waals surface area contributed by atoms with Crippen LogP contribution in [0.4, 0.5) is 0 Å². The van der Waals surface area contributed by atoms with Gasteiger partial charge < -0.3 is 0 Å². The molecule has 0 aliphatic rings. The van der Waals surface area contributed by atoms with Gasteiger partial charge in [-0.15, -0.1) is 0 Å². The second-order valence-electron chi connectivity index (χ2n) is 3.62. The van der Waals surface area contributed by atoms with E-state index in [9.17, 15) is 0 Å². The van der Waals surface area contributed by atoms with Crippen molar-refractivity contribution in [3.05, 3.63) is 0 Å².